The van der Waals surface area contributed by atoms with Crippen molar-refractivity contribution >= 4 is 35.4 Å². The molecule has 1 aromatic rings. The zero-order valence-corrected chi connectivity index (χ0v) is 27.6. The molecule has 0 fully saturated rings. The summed E-state index contributed by atoms with van der Waals surface area (Å²) in [7, 11) is 0. The van der Waals surface area contributed by atoms with Crippen LogP contribution in [0.15, 0.2) is 24.3 Å². The highest BCUT2D eigenvalue weighted by Gasteiger charge is 2.31. The average Bonchev–Trinajstić information content (AvgIpc) is 3.01. The van der Waals surface area contributed by atoms with Crippen LogP contribution in [0.5, 0.6) is 5.75 Å². The van der Waals surface area contributed by atoms with Gasteiger partial charge in [0.25, 0.3) is 0 Å². The van der Waals surface area contributed by atoms with Gasteiger partial charge in [-0.05, 0) is 61.8 Å². The minimum absolute atomic E-state index is 0.00878. The molecule has 0 aliphatic heterocycles. The van der Waals surface area contributed by atoms with Gasteiger partial charge >= 0.3 is 0 Å². The SMILES string of the molecule is CC(C)C[C@H](NC(=O)[C@H](CCCCN)NC(=O)[C@@H](N)C(C)C)C(=O)N[C@@H](Cc1ccc(O)cc1)C(=O)NCC(=O)N[C@@H](CO)C(N)=O. The Morgan fingerprint density at radius 3 is 1.87 bits per heavy atom. The molecule has 1 aromatic carbocycles. The summed E-state index contributed by atoms with van der Waals surface area (Å²) in [6, 6.07) is 0.399. The number of nitrogens with one attached hydrogen (secondary N) is 5. The monoisotopic (exact) mass is 664 g/mol. The molecule has 0 aromatic heterocycles. The van der Waals surface area contributed by atoms with Gasteiger partial charge in [-0.3, -0.25) is 28.8 Å². The Morgan fingerprint density at radius 2 is 1.34 bits per heavy atom. The number of phenolic OH excluding ortho intramolecular Hbond substituents is 1. The standard InChI is InChI=1S/C31H52N8O8/c1-17(2)13-22(38-29(45)21(7-5-6-12-32)37-31(47)26(33)18(3)4)30(46)39-23(14-19-8-10-20(41)11-9-19)28(44)35-15-25(42)36-24(16-40)27(34)43/h8-11,17-18,21-24,26,40-41H,5-7,12-16,32-33H2,1-4H3,(H2,34,43)(H,35,44)(H,36,42)(H,37,47)(H,38,45)(H,39,46)/t21-,22-,23-,24-,26-/m0/s1. The summed E-state index contributed by atoms with van der Waals surface area (Å²) in [5, 5.41) is 31.5. The zero-order valence-electron chi connectivity index (χ0n) is 27.6. The maximum Gasteiger partial charge on any atom is 0.243 e. The Kier molecular flexibility index (Phi) is 18.0. The Morgan fingerprint density at radius 1 is 0.766 bits per heavy atom. The Labute approximate surface area is 275 Å². The van der Waals surface area contributed by atoms with E-state index in [9.17, 15) is 39.0 Å². The van der Waals surface area contributed by atoms with Crippen LogP contribution >= 0.6 is 0 Å². The molecule has 16 heteroatoms. The first-order valence-electron chi connectivity index (χ1n) is 15.7. The van der Waals surface area contributed by atoms with Crippen molar-refractivity contribution in [3.05, 3.63) is 29.8 Å². The molecule has 13 N–H and O–H groups in total. The molecule has 0 heterocycles. The molecule has 0 spiro atoms. The van der Waals surface area contributed by atoms with E-state index in [-0.39, 0.29) is 36.8 Å². The maximum absolute atomic E-state index is 13.6. The number of carbonyl (C=O) groups is 6. The molecule has 5 atom stereocenters. The summed E-state index contributed by atoms with van der Waals surface area (Å²) >= 11 is 0. The molecule has 0 saturated carbocycles. The highest BCUT2D eigenvalue weighted by atomic mass is 16.3. The molecule has 16 nitrogen and oxygen atoms in total. The van der Waals surface area contributed by atoms with Gasteiger partial charge in [0.2, 0.25) is 35.4 Å². The second-order valence-corrected chi connectivity index (χ2v) is 12.2. The molecule has 0 radical (unpaired) electrons. The van der Waals surface area contributed by atoms with Crippen molar-refractivity contribution in [2.45, 2.75) is 90.0 Å². The van der Waals surface area contributed by atoms with Crippen molar-refractivity contribution in [1.82, 2.24) is 26.6 Å². The third kappa shape index (κ3) is 15.2. The topological polar surface area (TPSA) is 281 Å². The van der Waals surface area contributed by atoms with Gasteiger partial charge < -0.3 is 54.0 Å². The number of benzene rings is 1. The van der Waals surface area contributed by atoms with Crippen LogP contribution in [-0.2, 0) is 35.2 Å². The fourth-order valence-corrected chi connectivity index (χ4v) is 4.40. The van der Waals surface area contributed by atoms with E-state index in [1.54, 1.807) is 26.0 Å². The first-order chi connectivity index (χ1) is 22.1. The quantitative estimate of drug-likeness (QED) is 0.0623. The fourth-order valence-electron chi connectivity index (χ4n) is 4.40. The van der Waals surface area contributed by atoms with Gasteiger partial charge in [0, 0.05) is 6.42 Å². The molecule has 0 saturated heterocycles. The first-order valence-corrected chi connectivity index (χ1v) is 15.7. The lowest BCUT2D eigenvalue weighted by molar-refractivity contribution is -0.134. The number of carbonyl (C=O) groups excluding carboxylic acids is 6. The minimum atomic E-state index is -1.35. The minimum Gasteiger partial charge on any atom is -0.508 e. The van der Waals surface area contributed by atoms with Crippen LogP contribution in [0.25, 0.3) is 0 Å². The summed E-state index contributed by atoms with van der Waals surface area (Å²) in [4.78, 5) is 76.7. The lowest BCUT2D eigenvalue weighted by Crippen LogP contribution is -2.59. The number of phenols is 1. The molecule has 264 valence electrons. The van der Waals surface area contributed by atoms with E-state index in [1.165, 1.54) is 12.1 Å². The van der Waals surface area contributed by atoms with Crippen molar-refractivity contribution < 1.29 is 39.0 Å². The highest BCUT2D eigenvalue weighted by molar-refractivity contribution is 5.96. The average molecular weight is 665 g/mol. The first kappa shape index (κ1) is 40.7. The Hall–Kier alpha value is -4.28. The zero-order chi connectivity index (χ0) is 35.7. The van der Waals surface area contributed by atoms with Crippen molar-refractivity contribution in [3.8, 4) is 5.75 Å². The molecule has 0 aliphatic carbocycles. The number of hydrogen-bond donors (Lipinski definition) is 10. The molecule has 47 heavy (non-hydrogen) atoms. The van der Waals surface area contributed by atoms with Gasteiger partial charge in [-0.1, -0.05) is 39.8 Å². The molecule has 1 rings (SSSR count). The van der Waals surface area contributed by atoms with Gasteiger partial charge in [-0.15, -0.1) is 0 Å². The summed E-state index contributed by atoms with van der Waals surface area (Å²) in [5.41, 5.74) is 17.3. The lowest BCUT2D eigenvalue weighted by atomic mass is 9.99. The van der Waals surface area contributed by atoms with Crippen LogP contribution in [0.2, 0.25) is 0 Å². The number of aliphatic hydroxyl groups is 1. The highest BCUT2D eigenvalue weighted by Crippen LogP contribution is 2.13. The molecular weight excluding hydrogens is 612 g/mol. The van der Waals surface area contributed by atoms with E-state index in [2.05, 4.69) is 26.6 Å². The fraction of sp³-hybridized carbons (Fsp3) is 0.613. The summed E-state index contributed by atoms with van der Waals surface area (Å²) < 4.78 is 0. The predicted octanol–water partition coefficient (Wildman–Crippen LogP) is -2.37. The lowest BCUT2D eigenvalue weighted by Gasteiger charge is -2.27. The number of hydrogen-bond acceptors (Lipinski definition) is 10. The maximum atomic E-state index is 13.6. The van der Waals surface area contributed by atoms with E-state index in [1.807, 2.05) is 13.8 Å². The third-order valence-electron chi connectivity index (χ3n) is 7.23. The van der Waals surface area contributed by atoms with Crippen LogP contribution in [0.1, 0.15) is 58.9 Å². The normalized spacial score (nSPS) is 14.3. The van der Waals surface area contributed by atoms with Gasteiger partial charge in [-0.2, -0.15) is 0 Å². The smallest absolute Gasteiger partial charge is 0.243 e. The third-order valence-corrected chi connectivity index (χ3v) is 7.23. The largest absolute Gasteiger partial charge is 0.508 e. The number of primary amides is 1. The van der Waals surface area contributed by atoms with Crippen LogP contribution in [0.3, 0.4) is 0 Å². The number of aromatic hydroxyl groups is 1. The summed E-state index contributed by atoms with van der Waals surface area (Å²) in [6.45, 7) is 6.31. The van der Waals surface area contributed by atoms with Crippen LogP contribution in [-0.4, -0.2) is 95.6 Å². The van der Waals surface area contributed by atoms with Crippen molar-refractivity contribution in [1.29, 1.82) is 0 Å². The number of aliphatic hydroxyl groups excluding tert-OH is 1. The number of unbranched alkanes of at least 4 members (excludes halogenated alkanes) is 1. The van der Waals surface area contributed by atoms with E-state index >= 15 is 0 Å². The molecular formula is C31H52N8O8. The number of nitrogens with two attached hydrogens (primary N) is 3. The van der Waals surface area contributed by atoms with E-state index in [4.69, 9.17) is 17.2 Å². The van der Waals surface area contributed by atoms with Gasteiger partial charge in [0.15, 0.2) is 0 Å². The summed E-state index contributed by atoms with van der Waals surface area (Å²) in [5.74, 6) is -4.58. The number of amides is 6. The van der Waals surface area contributed by atoms with Crippen LogP contribution in [0.4, 0.5) is 0 Å². The second-order valence-electron chi connectivity index (χ2n) is 12.2. The van der Waals surface area contributed by atoms with Crippen LogP contribution in [0, 0.1) is 11.8 Å². The number of rotatable bonds is 21. The second kappa shape index (κ2) is 20.8. The van der Waals surface area contributed by atoms with Crippen molar-refractivity contribution in [2.24, 2.45) is 29.0 Å². The van der Waals surface area contributed by atoms with E-state index in [0.29, 0.717) is 24.9 Å². The van der Waals surface area contributed by atoms with Crippen molar-refractivity contribution in [2.75, 3.05) is 19.7 Å². The summed E-state index contributed by atoms with van der Waals surface area (Å²) in [6.07, 6.45) is 1.55. The van der Waals surface area contributed by atoms with E-state index < -0.39 is 78.8 Å². The molecule has 0 unspecified atom stereocenters. The molecule has 0 bridgehead atoms. The Bertz CT molecular complexity index is 1190. The Balaban J connectivity index is 3.20. The van der Waals surface area contributed by atoms with Crippen molar-refractivity contribution in [3.63, 3.8) is 0 Å². The molecule has 6 amide bonds. The van der Waals surface area contributed by atoms with Gasteiger partial charge in [0.05, 0.1) is 19.2 Å². The molecule has 0 aliphatic rings. The predicted molar refractivity (Wildman–Crippen MR) is 174 cm³/mol. The van der Waals surface area contributed by atoms with Gasteiger partial charge in [-0.25, -0.2) is 0 Å². The van der Waals surface area contributed by atoms with Gasteiger partial charge in [0.1, 0.15) is 29.9 Å². The van der Waals surface area contributed by atoms with E-state index in [0.717, 1.165) is 0 Å². The van der Waals surface area contributed by atoms with Crippen LogP contribution < -0.4 is 43.8 Å².